The van der Waals surface area contributed by atoms with Crippen LogP contribution in [0.1, 0.15) is 6.92 Å². The summed E-state index contributed by atoms with van der Waals surface area (Å²) in [6, 6.07) is 13.2. The van der Waals surface area contributed by atoms with Crippen LogP contribution in [0.3, 0.4) is 0 Å². The van der Waals surface area contributed by atoms with Gasteiger partial charge in [-0.15, -0.1) is 12.4 Å². The molecular weight excluding hydrogens is 483 g/mol. The topological polar surface area (TPSA) is 126 Å². The van der Waals surface area contributed by atoms with Gasteiger partial charge in [0.1, 0.15) is 35.2 Å². The molecule has 4 rings (SSSR count). The first kappa shape index (κ1) is 25.1. The number of aromatic nitrogens is 2. The molecule has 0 saturated carbocycles. The Morgan fingerprint density at radius 2 is 1.80 bits per heavy atom. The van der Waals surface area contributed by atoms with Crippen molar-refractivity contribution >= 4 is 46.5 Å². The lowest BCUT2D eigenvalue weighted by Gasteiger charge is -2.12. The molecule has 0 aliphatic carbocycles. The average molecular weight is 501 g/mol. The highest BCUT2D eigenvalue weighted by atomic mass is 35.5. The molecule has 12 heteroatoms. The van der Waals surface area contributed by atoms with E-state index in [2.05, 4.69) is 15.3 Å². The molecule has 180 valence electrons. The van der Waals surface area contributed by atoms with Gasteiger partial charge in [-0.2, -0.15) is 0 Å². The third kappa shape index (κ3) is 5.71. The molecule has 3 aromatic carbocycles. The number of rotatable bonds is 7. The highest BCUT2D eigenvalue weighted by molar-refractivity contribution is 5.93. The molecular formula is C23H18ClFN4O6. The Bertz CT molecular complexity index is 1420. The van der Waals surface area contributed by atoms with Gasteiger partial charge in [-0.05, 0) is 24.3 Å². The number of nitro groups is 1. The zero-order valence-electron chi connectivity index (χ0n) is 18.4. The third-order valence-electron chi connectivity index (χ3n) is 4.63. The van der Waals surface area contributed by atoms with E-state index >= 15 is 0 Å². The fourth-order valence-electron chi connectivity index (χ4n) is 3.17. The van der Waals surface area contributed by atoms with Crippen LogP contribution in [0.2, 0.25) is 0 Å². The van der Waals surface area contributed by atoms with Crippen LogP contribution in [-0.2, 0) is 4.79 Å². The Morgan fingerprint density at radius 3 is 2.49 bits per heavy atom. The number of fused-ring (bicyclic) bond motifs is 1. The number of benzene rings is 3. The van der Waals surface area contributed by atoms with Gasteiger partial charge in [0.2, 0.25) is 0 Å². The van der Waals surface area contributed by atoms with E-state index in [9.17, 15) is 19.3 Å². The second-order valence-electron chi connectivity index (χ2n) is 6.96. The molecule has 1 N–H and O–H groups in total. The minimum Gasteiger partial charge on any atom is -0.490 e. The first-order valence-electron chi connectivity index (χ1n) is 9.84. The van der Waals surface area contributed by atoms with Crippen LogP contribution in [0.25, 0.3) is 10.9 Å². The lowest BCUT2D eigenvalue weighted by atomic mass is 10.2. The summed E-state index contributed by atoms with van der Waals surface area (Å²) in [5.41, 5.74) is 0.181. The number of methoxy groups -OCH3 is 1. The zero-order chi connectivity index (χ0) is 24.2. The Kier molecular flexibility index (Phi) is 7.62. The smallest absolute Gasteiger partial charge is 0.311 e. The SMILES string of the molecule is COc1cc2ncnc(Nc3ccc(Oc4cccc(OC(C)=O)c4)cc3F)c2cc1[N+](=O)[O-].Cl. The van der Waals surface area contributed by atoms with Crippen LogP contribution in [0, 0.1) is 15.9 Å². The molecule has 1 heterocycles. The molecule has 0 aliphatic heterocycles. The lowest BCUT2D eigenvalue weighted by molar-refractivity contribution is -0.385. The number of carbonyl (C=O) groups is 1. The van der Waals surface area contributed by atoms with Crippen LogP contribution in [0.15, 0.2) is 60.9 Å². The zero-order valence-corrected chi connectivity index (χ0v) is 19.2. The molecule has 0 saturated heterocycles. The van der Waals surface area contributed by atoms with Gasteiger partial charge in [0.05, 0.1) is 28.6 Å². The van der Waals surface area contributed by atoms with Gasteiger partial charge in [-0.25, -0.2) is 14.4 Å². The Balaban J connectivity index is 0.00000342. The Morgan fingerprint density at radius 1 is 1.06 bits per heavy atom. The molecule has 0 unspecified atom stereocenters. The van der Waals surface area contributed by atoms with E-state index in [-0.39, 0.29) is 41.1 Å². The number of nitrogens with one attached hydrogen (secondary N) is 1. The number of esters is 1. The van der Waals surface area contributed by atoms with E-state index < -0.39 is 16.7 Å². The van der Waals surface area contributed by atoms with Crippen LogP contribution < -0.4 is 19.5 Å². The summed E-state index contributed by atoms with van der Waals surface area (Å²) in [4.78, 5) is 30.1. The summed E-state index contributed by atoms with van der Waals surface area (Å²) in [5.74, 6) is -0.0453. The maximum atomic E-state index is 14.8. The monoisotopic (exact) mass is 500 g/mol. The molecule has 0 amide bonds. The normalized spacial score (nSPS) is 10.3. The van der Waals surface area contributed by atoms with E-state index in [4.69, 9.17) is 14.2 Å². The summed E-state index contributed by atoms with van der Waals surface area (Å²) in [6.07, 6.45) is 1.25. The first-order chi connectivity index (χ1) is 16.3. The first-order valence-corrected chi connectivity index (χ1v) is 9.84. The minimum absolute atomic E-state index is 0. The van der Waals surface area contributed by atoms with Crippen molar-refractivity contribution in [1.29, 1.82) is 0 Å². The number of halogens is 2. The number of anilines is 2. The van der Waals surface area contributed by atoms with E-state index in [1.807, 2.05) is 0 Å². The number of nitrogens with zero attached hydrogens (tertiary/aromatic N) is 3. The van der Waals surface area contributed by atoms with Gasteiger partial charge >= 0.3 is 11.7 Å². The van der Waals surface area contributed by atoms with Crippen molar-refractivity contribution in [3.05, 3.63) is 76.9 Å². The molecule has 35 heavy (non-hydrogen) atoms. The highest BCUT2D eigenvalue weighted by Gasteiger charge is 2.19. The molecule has 4 aromatic rings. The van der Waals surface area contributed by atoms with E-state index in [1.54, 1.807) is 18.2 Å². The third-order valence-corrected chi connectivity index (χ3v) is 4.63. The van der Waals surface area contributed by atoms with E-state index in [0.29, 0.717) is 22.4 Å². The minimum atomic E-state index is -0.650. The second kappa shape index (κ2) is 10.6. The van der Waals surface area contributed by atoms with Gasteiger partial charge in [0.15, 0.2) is 5.75 Å². The summed E-state index contributed by atoms with van der Waals surface area (Å²) >= 11 is 0. The van der Waals surface area contributed by atoms with Crippen molar-refractivity contribution in [2.24, 2.45) is 0 Å². The lowest BCUT2D eigenvalue weighted by Crippen LogP contribution is -2.01. The summed E-state index contributed by atoms with van der Waals surface area (Å²) < 4.78 is 30.6. The van der Waals surface area contributed by atoms with Crippen LogP contribution in [-0.4, -0.2) is 28.0 Å². The fourth-order valence-corrected chi connectivity index (χ4v) is 3.17. The number of hydrogen-bond acceptors (Lipinski definition) is 9. The number of hydrogen-bond donors (Lipinski definition) is 1. The Hall–Kier alpha value is -4.51. The van der Waals surface area contributed by atoms with Crippen LogP contribution in [0.4, 0.5) is 21.6 Å². The largest absolute Gasteiger partial charge is 0.490 e. The molecule has 0 spiro atoms. The van der Waals surface area contributed by atoms with Crippen LogP contribution >= 0.6 is 12.4 Å². The molecule has 0 bridgehead atoms. The van der Waals surface area contributed by atoms with Gasteiger partial charge in [0, 0.05) is 31.2 Å². The van der Waals surface area contributed by atoms with Crippen molar-refractivity contribution in [2.45, 2.75) is 6.92 Å². The Labute approximate surface area is 204 Å². The molecule has 10 nitrogen and oxygen atoms in total. The van der Waals surface area contributed by atoms with Gasteiger partial charge in [0.25, 0.3) is 0 Å². The second-order valence-corrected chi connectivity index (χ2v) is 6.96. The predicted molar refractivity (Wildman–Crippen MR) is 128 cm³/mol. The molecule has 0 fully saturated rings. The highest BCUT2D eigenvalue weighted by Crippen LogP contribution is 2.35. The van der Waals surface area contributed by atoms with E-state index in [0.717, 1.165) is 6.07 Å². The maximum Gasteiger partial charge on any atom is 0.311 e. The quantitative estimate of drug-likeness (QED) is 0.150. The van der Waals surface area contributed by atoms with Crippen molar-refractivity contribution < 1.29 is 28.3 Å². The number of ether oxygens (including phenoxy) is 3. The van der Waals surface area contributed by atoms with Crippen LogP contribution in [0.5, 0.6) is 23.0 Å². The summed E-state index contributed by atoms with van der Waals surface area (Å²) in [5, 5.41) is 14.5. The molecule has 0 radical (unpaired) electrons. The van der Waals surface area contributed by atoms with Crippen molar-refractivity contribution in [3.8, 4) is 23.0 Å². The summed E-state index contributed by atoms with van der Waals surface area (Å²) in [7, 11) is 1.32. The van der Waals surface area contributed by atoms with Gasteiger partial charge in [-0.3, -0.25) is 14.9 Å². The molecule has 0 aliphatic rings. The summed E-state index contributed by atoms with van der Waals surface area (Å²) in [6.45, 7) is 1.28. The predicted octanol–water partition coefficient (Wildman–Crippen LogP) is 5.57. The number of nitro benzene ring substituents is 1. The van der Waals surface area contributed by atoms with E-state index in [1.165, 1.54) is 50.7 Å². The molecule has 1 aromatic heterocycles. The van der Waals surface area contributed by atoms with Gasteiger partial charge < -0.3 is 19.5 Å². The van der Waals surface area contributed by atoms with Crippen molar-refractivity contribution in [3.63, 3.8) is 0 Å². The maximum absolute atomic E-state index is 14.8. The number of carbonyl (C=O) groups excluding carboxylic acids is 1. The van der Waals surface area contributed by atoms with Crippen molar-refractivity contribution in [2.75, 3.05) is 12.4 Å². The standard InChI is InChI=1S/C23H17FN4O6.ClH/c1-13(29)33-14-4-3-5-15(8-14)34-16-6-7-19(18(24)9-16)27-23-17-10-21(28(30)31)22(32-2)11-20(17)25-12-26-23;/h3-12H,1-2H3,(H,25,26,27);1H. The molecule has 0 atom stereocenters. The fraction of sp³-hybridized carbons (Fsp3) is 0.0870. The van der Waals surface area contributed by atoms with Crippen molar-refractivity contribution in [1.82, 2.24) is 9.97 Å². The average Bonchev–Trinajstić information content (AvgIpc) is 2.80. The van der Waals surface area contributed by atoms with Gasteiger partial charge in [-0.1, -0.05) is 6.07 Å².